The zero-order valence-corrected chi connectivity index (χ0v) is 23.2. The van der Waals surface area contributed by atoms with Crippen LogP contribution in [0.2, 0.25) is 0 Å². The van der Waals surface area contributed by atoms with Crippen molar-refractivity contribution in [1.82, 2.24) is 15.3 Å². The Kier molecular flexibility index (Phi) is 7.79. The molecule has 2 N–H and O–H groups in total. The second-order valence-electron chi connectivity index (χ2n) is 9.77. The summed E-state index contributed by atoms with van der Waals surface area (Å²) in [6.45, 7) is 9.38. The largest absolute Gasteiger partial charge is 0.483 e. The first-order valence-corrected chi connectivity index (χ1v) is 14.0. The predicted octanol–water partition coefficient (Wildman–Crippen LogP) is 6.62. The third kappa shape index (κ3) is 6.20. The average molecular weight is 545 g/mol. The minimum Gasteiger partial charge on any atom is -0.483 e. The summed E-state index contributed by atoms with van der Waals surface area (Å²) in [4.78, 5) is 33.6. The van der Waals surface area contributed by atoms with E-state index in [0.29, 0.717) is 24.0 Å². The Morgan fingerprint density at radius 2 is 1.72 bits per heavy atom. The van der Waals surface area contributed by atoms with E-state index in [1.165, 1.54) is 0 Å². The summed E-state index contributed by atoms with van der Waals surface area (Å²) in [5, 5.41) is 1.65. The van der Waals surface area contributed by atoms with Gasteiger partial charge in [-0.2, -0.15) is 0 Å². The van der Waals surface area contributed by atoms with Gasteiger partial charge in [-0.05, 0) is 76.1 Å². The molecular weight excluding hydrogens is 512 g/mol. The number of thioether (sulfide) groups is 1. The SMILES string of the molecule is CCN(c1cccc(Oc2ccc3nc(C(C)Oc4ccc(CC5SC(=O)NC5=O)cc4)[nH]c3c2)c1)C(C)C. The van der Waals surface area contributed by atoms with E-state index in [0.717, 1.165) is 52.1 Å². The molecule has 1 aliphatic heterocycles. The van der Waals surface area contributed by atoms with Gasteiger partial charge >= 0.3 is 0 Å². The normalized spacial score (nSPS) is 16.0. The summed E-state index contributed by atoms with van der Waals surface area (Å²) in [5.41, 5.74) is 3.79. The maximum absolute atomic E-state index is 11.8. The standard InChI is InChI=1S/C30H32N4O4S/c1-5-34(18(2)3)21-7-6-8-23(16-21)38-24-13-14-25-26(17-24)32-28(31-25)19(4)37-22-11-9-20(10-12-22)15-27-29(35)33-30(36)39-27/h6-14,16-19,27H,5,15H2,1-4H3,(H,31,32)(H,33,35,36). The number of nitrogens with one attached hydrogen (secondary N) is 2. The highest BCUT2D eigenvalue weighted by Crippen LogP contribution is 2.30. The van der Waals surface area contributed by atoms with Crippen molar-refractivity contribution in [2.24, 2.45) is 0 Å². The fraction of sp³-hybridized carbons (Fsp3) is 0.300. The molecular formula is C30H32N4O4S. The number of carbonyl (C=O) groups is 2. The summed E-state index contributed by atoms with van der Waals surface area (Å²) < 4.78 is 12.3. The van der Waals surface area contributed by atoms with Gasteiger partial charge in [-0.3, -0.25) is 14.9 Å². The molecule has 39 heavy (non-hydrogen) atoms. The van der Waals surface area contributed by atoms with Crippen LogP contribution in [0, 0.1) is 0 Å². The zero-order chi connectivity index (χ0) is 27.5. The predicted molar refractivity (Wildman–Crippen MR) is 155 cm³/mol. The van der Waals surface area contributed by atoms with Gasteiger partial charge in [0.2, 0.25) is 5.91 Å². The molecule has 0 radical (unpaired) electrons. The van der Waals surface area contributed by atoms with E-state index in [2.05, 4.69) is 48.1 Å². The van der Waals surface area contributed by atoms with E-state index < -0.39 is 0 Å². The van der Waals surface area contributed by atoms with Crippen molar-refractivity contribution in [3.63, 3.8) is 0 Å². The minimum atomic E-state index is -0.386. The Labute approximate surface area is 232 Å². The minimum absolute atomic E-state index is 0.236. The molecule has 0 spiro atoms. The van der Waals surface area contributed by atoms with Gasteiger partial charge in [-0.15, -0.1) is 0 Å². The molecule has 9 heteroatoms. The Bertz CT molecular complexity index is 1480. The van der Waals surface area contributed by atoms with Gasteiger partial charge < -0.3 is 19.4 Å². The zero-order valence-electron chi connectivity index (χ0n) is 22.4. The van der Waals surface area contributed by atoms with Crippen LogP contribution in [-0.2, 0) is 11.2 Å². The van der Waals surface area contributed by atoms with Crippen molar-refractivity contribution < 1.29 is 19.1 Å². The Morgan fingerprint density at radius 1 is 0.974 bits per heavy atom. The molecule has 2 heterocycles. The lowest BCUT2D eigenvalue weighted by Gasteiger charge is -2.27. The molecule has 5 rings (SSSR count). The molecule has 0 bridgehead atoms. The summed E-state index contributed by atoms with van der Waals surface area (Å²) in [5.74, 6) is 2.67. The topological polar surface area (TPSA) is 96.6 Å². The van der Waals surface area contributed by atoms with E-state index >= 15 is 0 Å². The lowest BCUT2D eigenvalue weighted by molar-refractivity contribution is -0.118. The molecule has 3 aromatic carbocycles. The fourth-order valence-electron chi connectivity index (χ4n) is 4.68. The van der Waals surface area contributed by atoms with Crippen molar-refractivity contribution in [3.05, 3.63) is 78.1 Å². The molecule has 2 unspecified atom stereocenters. The summed E-state index contributed by atoms with van der Waals surface area (Å²) in [6, 6.07) is 21.9. The lowest BCUT2D eigenvalue weighted by Crippen LogP contribution is -2.30. The van der Waals surface area contributed by atoms with E-state index in [9.17, 15) is 9.59 Å². The first-order valence-electron chi connectivity index (χ1n) is 13.1. The molecule has 1 aliphatic rings. The number of hydrogen-bond donors (Lipinski definition) is 2. The molecule has 2 atom stereocenters. The number of anilines is 1. The van der Waals surface area contributed by atoms with E-state index in [-0.39, 0.29) is 22.5 Å². The number of H-pyrrole nitrogens is 1. The maximum Gasteiger partial charge on any atom is 0.286 e. The van der Waals surface area contributed by atoms with Gasteiger partial charge in [-0.1, -0.05) is 30.0 Å². The van der Waals surface area contributed by atoms with Crippen LogP contribution >= 0.6 is 11.8 Å². The highest BCUT2D eigenvalue weighted by Gasteiger charge is 2.31. The van der Waals surface area contributed by atoms with Crippen molar-refractivity contribution in [2.75, 3.05) is 11.4 Å². The smallest absolute Gasteiger partial charge is 0.286 e. The Morgan fingerprint density at radius 3 is 2.41 bits per heavy atom. The molecule has 8 nitrogen and oxygen atoms in total. The summed E-state index contributed by atoms with van der Waals surface area (Å²) in [7, 11) is 0. The van der Waals surface area contributed by atoms with Gasteiger partial charge in [0.15, 0.2) is 6.10 Å². The Hall–Kier alpha value is -3.98. The number of aromatic amines is 1. The summed E-state index contributed by atoms with van der Waals surface area (Å²) in [6.07, 6.45) is 0.180. The Balaban J connectivity index is 1.24. The molecule has 202 valence electrons. The highest BCUT2D eigenvalue weighted by atomic mass is 32.2. The van der Waals surface area contributed by atoms with E-state index in [1.54, 1.807) is 0 Å². The monoisotopic (exact) mass is 544 g/mol. The molecule has 4 aromatic rings. The number of amides is 2. The first-order chi connectivity index (χ1) is 18.8. The maximum atomic E-state index is 11.8. The third-order valence-corrected chi connectivity index (χ3v) is 7.61. The van der Waals surface area contributed by atoms with Crippen molar-refractivity contribution in [3.8, 4) is 17.2 Å². The van der Waals surface area contributed by atoms with Gasteiger partial charge in [0.1, 0.15) is 23.1 Å². The van der Waals surface area contributed by atoms with Crippen molar-refractivity contribution in [2.45, 2.75) is 51.5 Å². The van der Waals surface area contributed by atoms with Crippen LogP contribution in [0.4, 0.5) is 10.5 Å². The number of nitrogens with zero attached hydrogens (tertiary/aromatic N) is 2. The second kappa shape index (κ2) is 11.4. The molecule has 1 aromatic heterocycles. The van der Waals surface area contributed by atoms with Gasteiger partial charge in [0.05, 0.1) is 16.3 Å². The number of fused-ring (bicyclic) bond motifs is 1. The van der Waals surface area contributed by atoms with Crippen molar-refractivity contribution >= 4 is 39.6 Å². The number of hydrogen-bond acceptors (Lipinski definition) is 7. The molecule has 1 fully saturated rings. The van der Waals surface area contributed by atoms with E-state index in [1.807, 2.05) is 61.5 Å². The molecule has 0 saturated carbocycles. The number of benzene rings is 3. The summed E-state index contributed by atoms with van der Waals surface area (Å²) >= 11 is 1.03. The number of imidazole rings is 1. The van der Waals surface area contributed by atoms with Crippen LogP contribution in [0.15, 0.2) is 66.7 Å². The lowest BCUT2D eigenvalue weighted by atomic mass is 10.1. The van der Waals surface area contributed by atoms with Crippen LogP contribution in [0.25, 0.3) is 11.0 Å². The number of aromatic nitrogens is 2. The molecule has 1 saturated heterocycles. The number of imide groups is 1. The molecule has 0 aliphatic carbocycles. The van der Waals surface area contributed by atoms with Gasteiger partial charge in [0.25, 0.3) is 5.24 Å². The molecule has 2 amide bonds. The van der Waals surface area contributed by atoms with Crippen molar-refractivity contribution in [1.29, 1.82) is 0 Å². The second-order valence-corrected chi connectivity index (χ2v) is 10.9. The van der Waals surface area contributed by atoms with E-state index in [4.69, 9.17) is 14.5 Å². The first kappa shape index (κ1) is 26.6. The number of rotatable bonds is 10. The van der Waals surface area contributed by atoms with Crippen LogP contribution in [0.1, 0.15) is 45.2 Å². The van der Waals surface area contributed by atoms with Gasteiger partial charge in [-0.25, -0.2) is 4.98 Å². The fourth-order valence-corrected chi connectivity index (χ4v) is 5.54. The average Bonchev–Trinajstić information content (AvgIpc) is 3.47. The van der Waals surface area contributed by atoms with Crippen LogP contribution < -0.4 is 19.7 Å². The number of carbonyl (C=O) groups excluding carboxylic acids is 2. The third-order valence-electron chi connectivity index (χ3n) is 6.63. The van der Waals surface area contributed by atoms with Crippen LogP contribution in [0.3, 0.4) is 0 Å². The van der Waals surface area contributed by atoms with Crippen LogP contribution in [0.5, 0.6) is 17.2 Å². The highest BCUT2D eigenvalue weighted by molar-refractivity contribution is 8.15. The van der Waals surface area contributed by atoms with Crippen LogP contribution in [-0.4, -0.2) is 39.0 Å². The number of ether oxygens (including phenoxy) is 2. The van der Waals surface area contributed by atoms with Gasteiger partial charge in [0, 0.05) is 30.4 Å². The quantitative estimate of drug-likeness (QED) is 0.231.